The second-order valence-electron chi connectivity index (χ2n) is 7.18. The molecule has 0 spiro atoms. The number of amides is 3. The van der Waals surface area contributed by atoms with Gasteiger partial charge in [0.05, 0.1) is 4.88 Å². The van der Waals surface area contributed by atoms with Gasteiger partial charge in [0.2, 0.25) is 0 Å². The Kier molecular flexibility index (Phi) is 5.62. The van der Waals surface area contributed by atoms with Crippen molar-refractivity contribution in [2.45, 2.75) is 19.9 Å². The molecule has 29 heavy (non-hydrogen) atoms. The van der Waals surface area contributed by atoms with Gasteiger partial charge >= 0.3 is 6.03 Å². The summed E-state index contributed by atoms with van der Waals surface area (Å²) in [5.74, 6) is -0.136. The molecular formula is C23H23N3O2S. The molecule has 1 aromatic heterocycles. The number of carbonyl (C=O) groups is 2. The number of hydrogen-bond acceptors (Lipinski definition) is 3. The molecule has 1 saturated heterocycles. The quantitative estimate of drug-likeness (QED) is 0.639. The SMILES string of the molecule is Cc1cccc(CN2CCCN(c3cccc(NC(=O)c4cccs4)c3)C2=O)c1. The van der Waals surface area contributed by atoms with Crippen LogP contribution in [0.15, 0.2) is 66.0 Å². The van der Waals surface area contributed by atoms with Gasteiger partial charge in [0.15, 0.2) is 0 Å². The minimum atomic E-state index is -0.136. The van der Waals surface area contributed by atoms with Crippen LogP contribution in [0.3, 0.4) is 0 Å². The minimum Gasteiger partial charge on any atom is -0.321 e. The molecule has 4 rings (SSSR count). The molecule has 1 aliphatic heterocycles. The van der Waals surface area contributed by atoms with Crippen LogP contribution in [-0.4, -0.2) is 29.9 Å². The lowest BCUT2D eigenvalue weighted by molar-refractivity contribution is 0.103. The summed E-state index contributed by atoms with van der Waals surface area (Å²) in [6.07, 6.45) is 0.906. The van der Waals surface area contributed by atoms with E-state index in [4.69, 9.17) is 0 Å². The van der Waals surface area contributed by atoms with Gasteiger partial charge in [-0.15, -0.1) is 11.3 Å². The van der Waals surface area contributed by atoms with Crippen LogP contribution >= 0.6 is 11.3 Å². The molecule has 3 aromatic rings. The average molecular weight is 406 g/mol. The summed E-state index contributed by atoms with van der Waals surface area (Å²) in [5, 5.41) is 4.79. The van der Waals surface area contributed by atoms with Crippen LogP contribution in [0, 0.1) is 6.92 Å². The van der Waals surface area contributed by atoms with Crippen molar-refractivity contribution in [3.63, 3.8) is 0 Å². The first kappa shape index (κ1) is 19.2. The van der Waals surface area contributed by atoms with Gasteiger partial charge in [-0.2, -0.15) is 0 Å². The minimum absolute atomic E-state index is 0.000473. The van der Waals surface area contributed by atoms with E-state index in [1.54, 1.807) is 11.0 Å². The van der Waals surface area contributed by atoms with Crippen molar-refractivity contribution in [3.05, 3.63) is 82.0 Å². The molecular weight excluding hydrogens is 382 g/mol. The Balaban J connectivity index is 1.48. The summed E-state index contributed by atoms with van der Waals surface area (Å²) in [7, 11) is 0. The Hall–Kier alpha value is -3.12. The Morgan fingerprint density at radius 1 is 1.07 bits per heavy atom. The number of benzene rings is 2. The predicted molar refractivity (Wildman–Crippen MR) is 118 cm³/mol. The van der Waals surface area contributed by atoms with Crippen molar-refractivity contribution in [2.24, 2.45) is 0 Å². The maximum Gasteiger partial charge on any atom is 0.324 e. The van der Waals surface area contributed by atoms with Gasteiger partial charge in [0.1, 0.15) is 0 Å². The molecule has 2 aromatic carbocycles. The zero-order valence-electron chi connectivity index (χ0n) is 16.3. The number of carbonyl (C=O) groups excluding carboxylic acids is 2. The van der Waals surface area contributed by atoms with E-state index in [0.717, 1.165) is 24.2 Å². The van der Waals surface area contributed by atoms with E-state index >= 15 is 0 Å². The molecule has 3 amide bonds. The highest BCUT2D eigenvalue weighted by Gasteiger charge is 2.27. The average Bonchev–Trinajstić information content (AvgIpc) is 3.25. The van der Waals surface area contributed by atoms with E-state index in [-0.39, 0.29) is 11.9 Å². The molecule has 148 valence electrons. The van der Waals surface area contributed by atoms with Crippen LogP contribution < -0.4 is 10.2 Å². The van der Waals surface area contributed by atoms with Gasteiger partial charge in [-0.25, -0.2) is 4.79 Å². The van der Waals surface area contributed by atoms with Gasteiger partial charge in [-0.3, -0.25) is 9.69 Å². The molecule has 6 heteroatoms. The molecule has 0 atom stereocenters. The van der Waals surface area contributed by atoms with E-state index in [1.165, 1.54) is 16.9 Å². The fourth-order valence-electron chi connectivity index (χ4n) is 3.55. The number of nitrogens with zero attached hydrogens (tertiary/aromatic N) is 2. The lowest BCUT2D eigenvalue weighted by Gasteiger charge is -2.36. The standard InChI is InChI=1S/C23H23N3O2S/c1-17-6-2-7-18(14-17)16-25-11-5-12-26(23(25)28)20-9-3-8-19(15-20)24-22(27)21-10-4-13-29-21/h2-4,6-10,13-15H,5,11-12,16H2,1H3,(H,24,27). The van der Waals surface area contributed by atoms with Crippen molar-refractivity contribution in [2.75, 3.05) is 23.3 Å². The summed E-state index contributed by atoms with van der Waals surface area (Å²) in [5.41, 5.74) is 3.81. The molecule has 0 aliphatic carbocycles. The van der Waals surface area contributed by atoms with Gasteiger partial charge in [0.25, 0.3) is 5.91 Å². The molecule has 5 nitrogen and oxygen atoms in total. The first-order chi connectivity index (χ1) is 14.1. The molecule has 0 radical (unpaired) electrons. The smallest absolute Gasteiger partial charge is 0.321 e. The number of rotatable bonds is 5. The van der Waals surface area contributed by atoms with Gasteiger partial charge in [-0.05, 0) is 48.6 Å². The summed E-state index contributed by atoms with van der Waals surface area (Å²) < 4.78 is 0. The Labute approximate surface area is 174 Å². The second kappa shape index (κ2) is 8.49. The summed E-state index contributed by atoms with van der Waals surface area (Å²) >= 11 is 1.40. The molecule has 0 unspecified atom stereocenters. The highest BCUT2D eigenvalue weighted by molar-refractivity contribution is 7.12. The zero-order chi connectivity index (χ0) is 20.2. The molecule has 1 fully saturated rings. The van der Waals surface area contributed by atoms with Crippen molar-refractivity contribution in [3.8, 4) is 0 Å². The third kappa shape index (κ3) is 4.49. The zero-order valence-corrected chi connectivity index (χ0v) is 17.1. The Morgan fingerprint density at radius 3 is 2.72 bits per heavy atom. The monoisotopic (exact) mass is 405 g/mol. The summed E-state index contributed by atoms with van der Waals surface area (Å²) in [6.45, 7) is 4.08. The van der Waals surface area contributed by atoms with Gasteiger partial charge in [-0.1, -0.05) is 42.0 Å². The molecule has 2 heterocycles. The first-order valence-corrected chi connectivity index (χ1v) is 10.5. The topological polar surface area (TPSA) is 52.6 Å². The maximum absolute atomic E-state index is 13.1. The van der Waals surface area contributed by atoms with Crippen molar-refractivity contribution in [1.82, 2.24) is 4.90 Å². The first-order valence-electron chi connectivity index (χ1n) is 9.67. The normalized spacial score (nSPS) is 14.2. The van der Waals surface area contributed by atoms with Crippen LogP contribution in [-0.2, 0) is 6.54 Å². The number of anilines is 2. The summed E-state index contributed by atoms with van der Waals surface area (Å²) in [4.78, 5) is 29.8. The van der Waals surface area contributed by atoms with E-state index in [0.29, 0.717) is 23.7 Å². The number of aryl methyl sites for hydroxylation is 1. The number of hydrogen-bond donors (Lipinski definition) is 1. The largest absolute Gasteiger partial charge is 0.324 e. The number of nitrogens with one attached hydrogen (secondary N) is 1. The molecule has 0 bridgehead atoms. The fraction of sp³-hybridized carbons (Fsp3) is 0.217. The van der Waals surface area contributed by atoms with E-state index in [2.05, 4.69) is 30.4 Å². The maximum atomic E-state index is 13.1. The van der Waals surface area contributed by atoms with E-state index in [1.807, 2.05) is 46.7 Å². The van der Waals surface area contributed by atoms with Crippen LogP contribution in [0.1, 0.15) is 27.2 Å². The molecule has 1 N–H and O–H groups in total. The van der Waals surface area contributed by atoms with Crippen molar-refractivity contribution >= 4 is 34.6 Å². The number of thiophene rings is 1. The third-order valence-corrected chi connectivity index (χ3v) is 5.80. The predicted octanol–water partition coefficient (Wildman–Crippen LogP) is 5.14. The molecule has 0 saturated carbocycles. The van der Waals surface area contributed by atoms with E-state index in [9.17, 15) is 9.59 Å². The number of urea groups is 1. The Morgan fingerprint density at radius 2 is 1.93 bits per heavy atom. The summed E-state index contributed by atoms with van der Waals surface area (Å²) in [6, 6.07) is 19.4. The molecule has 1 aliphatic rings. The third-order valence-electron chi connectivity index (χ3n) is 4.93. The highest BCUT2D eigenvalue weighted by atomic mass is 32.1. The van der Waals surface area contributed by atoms with Crippen LogP contribution in [0.2, 0.25) is 0 Å². The van der Waals surface area contributed by atoms with Crippen LogP contribution in [0.25, 0.3) is 0 Å². The van der Waals surface area contributed by atoms with Crippen molar-refractivity contribution in [1.29, 1.82) is 0 Å². The van der Waals surface area contributed by atoms with Crippen molar-refractivity contribution < 1.29 is 9.59 Å². The lowest BCUT2D eigenvalue weighted by atomic mass is 10.1. The highest BCUT2D eigenvalue weighted by Crippen LogP contribution is 2.25. The second-order valence-corrected chi connectivity index (χ2v) is 8.13. The van der Waals surface area contributed by atoms with E-state index < -0.39 is 0 Å². The van der Waals surface area contributed by atoms with Crippen LogP contribution in [0.5, 0.6) is 0 Å². The van der Waals surface area contributed by atoms with Gasteiger partial charge < -0.3 is 10.2 Å². The van der Waals surface area contributed by atoms with Gasteiger partial charge in [0, 0.05) is 31.0 Å². The Bertz CT molecular complexity index is 1020. The van der Waals surface area contributed by atoms with Crippen LogP contribution in [0.4, 0.5) is 16.2 Å². The lowest BCUT2D eigenvalue weighted by Crippen LogP contribution is -2.49. The fourth-order valence-corrected chi connectivity index (χ4v) is 4.17.